The van der Waals surface area contributed by atoms with Gasteiger partial charge in [0, 0.05) is 11.6 Å². The quantitative estimate of drug-likeness (QED) is 0.854. The van der Waals surface area contributed by atoms with Crippen molar-refractivity contribution in [3.8, 4) is 11.4 Å². The normalized spacial score (nSPS) is 11.5. The van der Waals surface area contributed by atoms with Crippen LogP contribution in [0.25, 0.3) is 5.69 Å². The van der Waals surface area contributed by atoms with Crippen LogP contribution >= 0.6 is 11.6 Å². The highest BCUT2D eigenvalue weighted by Crippen LogP contribution is 2.30. The van der Waals surface area contributed by atoms with E-state index >= 15 is 0 Å². The molecule has 0 saturated heterocycles. The predicted octanol–water partition coefficient (Wildman–Crippen LogP) is 3.22. The van der Waals surface area contributed by atoms with Gasteiger partial charge in [-0.05, 0) is 19.1 Å². The molecule has 2 aromatic rings. The zero-order valence-electron chi connectivity index (χ0n) is 11.0. The molecule has 0 atom stereocenters. The average Bonchev–Trinajstić information content (AvgIpc) is 2.41. The van der Waals surface area contributed by atoms with Crippen LogP contribution < -0.4 is 10.3 Å². The molecule has 0 amide bonds. The van der Waals surface area contributed by atoms with Crippen LogP contribution in [-0.2, 0) is 6.18 Å². The summed E-state index contributed by atoms with van der Waals surface area (Å²) in [5.74, 6) is 0.292. The molecule has 1 heterocycles. The summed E-state index contributed by atoms with van der Waals surface area (Å²) in [5, 5.41) is 3.88. The Morgan fingerprint density at radius 3 is 2.57 bits per heavy atom. The van der Waals surface area contributed by atoms with Crippen molar-refractivity contribution in [3.05, 3.63) is 50.9 Å². The van der Waals surface area contributed by atoms with Crippen molar-refractivity contribution in [2.45, 2.75) is 13.1 Å². The van der Waals surface area contributed by atoms with Crippen molar-refractivity contribution < 1.29 is 17.9 Å². The van der Waals surface area contributed by atoms with Crippen LogP contribution in [0.3, 0.4) is 0 Å². The van der Waals surface area contributed by atoms with Crippen LogP contribution in [0.1, 0.15) is 11.1 Å². The fourth-order valence-corrected chi connectivity index (χ4v) is 1.98. The zero-order valence-corrected chi connectivity index (χ0v) is 11.8. The van der Waals surface area contributed by atoms with Crippen molar-refractivity contribution in [3.63, 3.8) is 0 Å². The van der Waals surface area contributed by atoms with Gasteiger partial charge in [0.15, 0.2) is 0 Å². The number of rotatable bonds is 2. The van der Waals surface area contributed by atoms with Gasteiger partial charge in [-0.1, -0.05) is 11.6 Å². The summed E-state index contributed by atoms with van der Waals surface area (Å²) < 4.78 is 44.0. The van der Waals surface area contributed by atoms with E-state index in [0.29, 0.717) is 17.0 Å². The number of nitrogens with zero attached hydrogens (tertiary/aromatic N) is 2. The second-order valence-electron chi connectivity index (χ2n) is 4.22. The van der Waals surface area contributed by atoms with E-state index in [0.717, 1.165) is 11.6 Å². The third-order valence-electron chi connectivity index (χ3n) is 2.90. The Balaban J connectivity index is 2.62. The average molecular weight is 319 g/mol. The fraction of sp³-hybridized carbons (Fsp3) is 0.231. The molecule has 0 unspecified atom stereocenters. The number of aromatic nitrogens is 2. The molecule has 0 bridgehead atoms. The molecule has 0 spiro atoms. The van der Waals surface area contributed by atoms with Crippen LogP contribution in [0.5, 0.6) is 5.75 Å². The van der Waals surface area contributed by atoms with Crippen LogP contribution in [0.2, 0.25) is 5.02 Å². The Morgan fingerprint density at radius 2 is 2.00 bits per heavy atom. The van der Waals surface area contributed by atoms with Gasteiger partial charge in [-0.25, -0.2) is 0 Å². The van der Waals surface area contributed by atoms with E-state index in [1.807, 2.05) is 0 Å². The standard InChI is InChI=1S/C13H10ClF3N2O2/c1-7-9(13(15,16)17)6-18-19(12(7)20)8-3-4-10(14)11(5-8)21-2/h3-6H,1-2H3. The van der Waals surface area contributed by atoms with E-state index in [1.54, 1.807) is 0 Å². The molecule has 0 radical (unpaired) electrons. The maximum absolute atomic E-state index is 12.7. The number of halogens is 4. The Morgan fingerprint density at radius 1 is 1.33 bits per heavy atom. The van der Waals surface area contributed by atoms with Crippen LogP contribution in [0.15, 0.2) is 29.2 Å². The van der Waals surface area contributed by atoms with Gasteiger partial charge in [0.2, 0.25) is 0 Å². The molecule has 0 aliphatic carbocycles. The van der Waals surface area contributed by atoms with E-state index in [-0.39, 0.29) is 5.69 Å². The molecule has 1 aromatic heterocycles. The van der Waals surface area contributed by atoms with Crippen LogP contribution in [0, 0.1) is 6.92 Å². The Kier molecular flexibility index (Phi) is 3.95. The molecule has 0 aliphatic rings. The van der Waals surface area contributed by atoms with E-state index in [2.05, 4.69) is 5.10 Å². The summed E-state index contributed by atoms with van der Waals surface area (Å²) in [6.45, 7) is 1.11. The zero-order chi connectivity index (χ0) is 15.8. The van der Waals surface area contributed by atoms with Crippen molar-refractivity contribution in [2.24, 2.45) is 0 Å². The van der Waals surface area contributed by atoms with Gasteiger partial charge in [0.25, 0.3) is 5.56 Å². The first-order valence-corrected chi connectivity index (χ1v) is 6.13. The molecule has 21 heavy (non-hydrogen) atoms. The van der Waals surface area contributed by atoms with E-state index in [4.69, 9.17) is 16.3 Å². The van der Waals surface area contributed by atoms with Crippen molar-refractivity contribution in [2.75, 3.05) is 7.11 Å². The first-order chi connectivity index (χ1) is 9.75. The minimum absolute atomic E-state index is 0.262. The second-order valence-corrected chi connectivity index (χ2v) is 4.62. The molecule has 8 heteroatoms. The minimum Gasteiger partial charge on any atom is -0.495 e. The maximum Gasteiger partial charge on any atom is 0.418 e. The lowest BCUT2D eigenvalue weighted by molar-refractivity contribution is -0.138. The van der Waals surface area contributed by atoms with Crippen LogP contribution in [-0.4, -0.2) is 16.9 Å². The molecular formula is C13H10ClF3N2O2. The fourth-order valence-electron chi connectivity index (χ4n) is 1.79. The van der Waals surface area contributed by atoms with Gasteiger partial charge < -0.3 is 4.74 Å². The highest BCUT2D eigenvalue weighted by molar-refractivity contribution is 6.32. The van der Waals surface area contributed by atoms with Gasteiger partial charge in [-0.3, -0.25) is 4.79 Å². The SMILES string of the molecule is COc1cc(-n2ncc(C(F)(F)F)c(C)c2=O)ccc1Cl. The number of hydrogen-bond acceptors (Lipinski definition) is 3. The van der Waals surface area contributed by atoms with E-state index in [9.17, 15) is 18.0 Å². The van der Waals surface area contributed by atoms with Crippen molar-refractivity contribution >= 4 is 11.6 Å². The monoisotopic (exact) mass is 318 g/mol. The number of methoxy groups -OCH3 is 1. The van der Waals surface area contributed by atoms with Gasteiger partial charge in [0.1, 0.15) is 5.75 Å². The lowest BCUT2D eigenvalue weighted by Crippen LogP contribution is -2.27. The second kappa shape index (κ2) is 5.40. The molecule has 2 rings (SSSR count). The lowest BCUT2D eigenvalue weighted by atomic mass is 10.2. The predicted molar refractivity (Wildman–Crippen MR) is 71.1 cm³/mol. The topological polar surface area (TPSA) is 44.1 Å². The third kappa shape index (κ3) is 2.87. The highest BCUT2D eigenvalue weighted by Gasteiger charge is 2.34. The summed E-state index contributed by atoms with van der Waals surface area (Å²) in [4.78, 5) is 12.0. The lowest BCUT2D eigenvalue weighted by Gasteiger charge is -2.12. The molecular weight excluding hydrogens is 309 g/mol. The summed E-state index contributed by atoms with van der Waals surface area (Å²) in [6, 6.07) is 4.35. The van der Waals surface area contributed by atoms with Crippen molar-refractivity contribution in [1.82, 2.24) is 9.78 Å². The first-order valence-electron chi connectivity index (χ1n) is 5.75. The molecule has 0 N–H and O–H groups in total. The summed E-state index contributed by atoms with van der Waals surface area (Å²) >= 11 is 5.86. The largest absolute Gasteiger partial charge is 0.495 e. The Bertz CT molecular complexity index is 741. The summed E-state index contributed by atoms with van der Waals surface area (Å²) in [7, 11) is 1.39. The van der Waals surface area contributed by atoms with E-state index in [1.165, 1.54) is 25.3 Å². The molecule has 112 valence electrons. The summed E-state index contributed by atoms with van der Waals surface area (Å²) in [5.41, 5.74) is -2.07. The summed E-state index contributed by atoms with van der Waals surface area (Å²) in [6.07, 6.45) is -4.00. The smallest absolute Gasteiger partial charge is 0.418 e. The number of ether oxygens (including phenoxy) is 1. The molecule has 0 aliphatic heterocycles. The number of alkyl halides is 3. The van der Waals surface area contributed by atoms with Gasteiger partial charge in [0.05, 0.1) is 29.6 Å². The van der Waals surface area contributed by atoms with Gasteiger partial charge in [-0.15, -0.1) is 0 Å². The number of hydrogen-bond donors (Lipinski definition) is 0. The van der Waals surface area contributed by atoms with Gasteiger partial charge >= 0.3 is 6.18 Å². The maximum atomic E-state index is 12.7. The number of benzene rings is 1. The van der Waals surface area contributed by atoms with Crippen molar-refractivity contribution in [1.29, 1.82) is 0 Å². The van der Waals surface area contributed by atoms with Gasteiger partial charge in [-0.2, -0.15) is 23.0 Å². The Labute approximate surface area is 122 Å². The molecule has 0 fully saturated rings. The van der Waals surface area contributed by atoms with E-state index < -0.39 is 22.9 Å². The van der Waals surface area contributed by atoms with Crippen LogP contribution in [0.4, 0.5) is 13.2 Å². The molecule has 1 aromatic carbocycles. The minimum atomic E-state index is -4.62. The highest BCUT2D eigenvalue weighted by atomic mass is 35.5. The molecule has 0 saturated carbocycles. The third-order valence-corrected chi connectivity index (χ3v) is 3.22. The molecule has 4 nitrogen and oxygen atoms in total. The first kappa shape index (κ1) is 15.4. The Hall–Kier alpha value is -2.02.